The van der Waals surface area contributed by atoms with Gasteiger partial charge in [-0.05, 0) is 74.9 Å². The molecule has 0 saturated heterocycles. The maximum absolute atomic E-state index is 14.2. The van der Waals surface area contributed by atoms with E-state index in [0.717, 1.165) is 56.4 Å². The van der Waals surface area contributed by atoms with Crippen molar-refractivity contribution in [3.8, 4) is 0 Å². The van der Waals surface area contributed by atoms with Crippen LogP contribution in [0.15, 0.2) is 98.4 Å². The molecule has 4 aromatic carbocycles. The zero-order valence-electron chi connectivity index (χ0n) is 23.6. The number of hydrogen-bond acceptors (Lipinski definition) is 5. The summed E-state index contributed by atoms with van der Waals surface area (Å²) in [7, 11) is 0. The second-order valence-electron chi connectivity index (χ2n) is 10.4. The molecule has 5 rings (SSSR count). The SMILES string of the molecule is CCCCCCNC(=O)c1ccc2c(c1)C(=O)c1c(Sc3ccc(C)cc3)ccc(Sc3ccc(C)cc3)c1C2=O. The third kappa shape index (κ3) is 6.50. The molecular formula is C35H33NO3S2. The van der Waals surface area contributed by atoms with E-state index in [1.165, 1.54) is 23.5 Å². The molecule has 1 N–H and O–H groups in total. The number of hydrogen-bond donors (Lipinski definition) is 1. The van der Waals surface area contributed by atoms with Crippen molar-refractivity contribution >= 4 is 41.0 Å². The topological polar surface area (TPSA) is 63.2 Å². The molecule has 4 aromatic rings. The number of unbranched alkanes of at least 4 members (excludes halogenated alkanes) is 3. The zero-order valence-corrected chi connectivity index (χ0v) is 25.2. The fraction of sp³-hybridized carbons (Fsp3) is 0.229. The molecule has 0 saturated carbocycles. The lowest BCUT2D eigenvalue weighted by atomic mass is 9.83. The number of aryl methyl sites for hydroxylation is 2. The fourth-order valence-corrected chi connectivity index (χ4v) is 6.77. The predicted molar refractivity (Wildman–Crippen MR) is 167 cm³/mol. The first-order valence-electron chi connectivity index (χ1n) is 14.0. The van der Waals surface area contributed by atoms with Crippen molar-refractivity contribution in [1.29, 1.82) is 0 Å². The first-order chi connectivity index (χ1) is 19.9. The summed E-state index contributed by atoms with van der Waals surface area (Å²) in [4.78, 5) is 44.6. The minimum atomic E-state index is -0.229. The standard InChI is InChI=1S/C35H33NO3S2/c1-4-5-6-7-20-36-35(39)24-12-17-27-28(21-24)34(38)32-30(41-26-15-10-23(3)11-16-26)19-18-29(31(32)33(27)37)40-25-13-8-22(2)9-14-25/h8-19,21H,4-7,20H2,1-3H3,(H,36,39). The van der Waals surface area contributed by atoms with Gasteiger partial charge in [0.1, 0.15) is 0 Å². The smallest absolute Gasteiger partial charge is 0.251 e. The van der Waals surface area contributed by atoms with Crippen molar-refractivity contribution in [3.63, 3.8) is 0 Å². The average molecular weight is 580 g/mol. The van der Waals surface area contributed by atoms with E-state index >= 15 is 0 Å². The molecule has 0 spiro atoms. The van der Waals surface area contributed by atoms with Gasteiger partial charge in [-0.2, -0.15) is 0 Å². The monoisotopic (exact) mass is 579 g/mol. The van der Waals surface area contributed by atoms with E-state index in [4.69, 9.17) is 0 Å². The van der Waals surface area contributed by atoms with Crippen molar-refractivity contribution in [3.05, 3.63) is 118 Å². The van der Waals surface area contributed by atoms with Crippen molar-refractivity contribution in [2.24, 2.45) is 0 Å². The number of nitrogens with one attached hydrogen (secondary N) is 1. The van der Waals surface area contributed by atoms with Gasteiger partial charge in [0, 0.05) is 53.9 Å². The number of carbonyl (C=O) groups excluding carboxylic acids is 3. The van der Waals surface area contributed by atoms with E-state index in [2.05, 4.69) is 12.2 Å². The van der Waals surface area contributed by atoms with Gasteiger partial charge in [0.05, 0.1) is 0 Å². The van der Waals surface area contributed by atoms with Crippen LogP contribution in [0, 0.1) is 13.8 Å². The Morgan fingerprint density at radius 1 is 0.659 bits per heavy atom. The molecule has 0 radical (unpaired) electrons. The lowest BCUT2D eigenvalue weighted by Crippen LogP contribution is -2.27. The summed E-state index contributed by atoms with van der Waals surface area (Å²) in [5.74, 6) is -0.650. The minimum Gasteiger partial charge on any atom is -0.352 e. The van der Waals surface area contributed by atoms with Crippen LogP contribution >= 0.6 is 23.5 Å². The molecular weight excluding hydrogens is 547 g/mol. The Morgan fingerprint density at radius 3 is 1.73 bits per heavy atom. The molecule has 6 heteroatoms. The largest absolute Gasteiger partial charge is 0.352 e. The molecule has 0 heterocycles. The van der Waals surface area contributed by atoms with Gasteiger partial charge in [-0.3, -0.25) is 14.4 Å². The van der Waals surface area contributed by atoms with Gasteiger partial charge in [0.15, 0.2) is 11.6 Å². The van der Waals surface area contributed by atoms with Gasteiger partial charge in [0.2, 0.25) is 0 Å². The van der Waals surface area contributed by atoms with Crippen LogP contribution in [0.4, 0.5) is 0 Å². The highest BCUT2D eigenvalue weighted by atomic mass is 32.2. The van der Waals surface area contributed by atoms with Crippen LogP contribution in [0.2, 0.25) is 0 Å². The molecule has 41 heavy (non-hydrogen) atoms. The molecule has 4 nitrogen and oxygen atoms in total. The van der Waals surface area contributed by atoms with Gasteiger partial charge in [-0.25, -0.2) is 0 Å². The van der Waals surface area contributed by atoms with Crippen LogP contribution in [0.3, 0.4) is 0 Å². The Morgan fingerprint density at radius 2 is 1.20 bits per heavy atom. The Bertz CT molecular complexity index is 1610. The zero-order chi connectivity index (χ0) is 28.9. The molecule has 208 valence electrons. The summed E-state index contributed by atoms with van der Waals surface area (Å²) < 4.78 is 0. The lowest BCUT2D eigenvalue weighted by Gasteiger charge is -2.23. The van der Waals surface area contributed by atoms with Gasteiger partial charge < -0.3 is 5.32 Å². The van der Waals surface area contributed by atoms with Gasteiger partial charge in [-0.15, -0.1) is 0 Å². The van der Waals surface area contributed by atoms with Gasteiger partial charge >= 0.3 is 0 Å². The molecule has 0 bridgehead atoms. The van der Waals surface area contributed by atoms with Crippen LogP contribution in [-0.4, -0.2) is 24.0 Å². The van der Waals surface area contributed by atoms with Crippen LogP contribution in [0.1, 0.15) is 85.9 Å². The maximum atomic E-state index is 14.2. The molecule has 0 unspecified atom stereocenters. The van der Waals surface area contributed by atoms with Gasteiger partial charge in [0.25, 0.3) is 5.91 Å². The summed E-state index contributed by atoms with van der Waals surface area (Å²) in [5, 5.41) is 2.96. The second-order valence-corrected chi connectivity index (χ2v) is 12.6. The Labute approximate surface area is 250 Å². The predicted octanol–water partition coefficient (Wildman–Crippen LogP) is 8.69. The third-order valence-corrected chi connectivity index (χ3v) is 9.30. The molecule has 0 aliphatic heterocycles. The maximum Gasteiger partial charge on any atom is 0.251 e. The molecule has 1 aliphatic carbocycles. The number of ketones is 2. The van der Waals surface area contributed by atoms with E-state index in [1.54, 1.807) is 18.2 Å². The van der Waals surface area contributed by atoms with Crippen molar-refractivity contribution < 1.29 is 14.4 Å². The van der Waals surface area contributed by atoms with E-state index in [9.17, 15) is 14.4 Å². The summed E-state index contributed by atoms with van der Waals surface area (Å²) in [6.07, 6.45) is 4.25. The molecule has 1 amide bonds. The van der Waals surface area contributed by atoms with Crippen LogP contribution in [0.25, 0.3) is 0 Å². The van der Waals surface area contributed by atoms with E-state index in [-0.39, 0.29) is 23.0 Å². The summed E-state index contributed by atoms with van der Waals surface area (Å²) >= 11 is 2.96. The van der Waals surface area contributed by atoms with Crippen molar-refractivity contribution in [2.75, 3.05) is 6.54 Å². The number of carbonyl (C=O) groups is 3. The number of amides is 1. The summed E-state index contributed by atoms with van der Waals surface area (Å²) in [6, 6.07) is 25.0. The van der Waals surface area contributed by atoms with E-state index in [1.807, 2.05) is 74.5 Å². The quantitative estimate of drug-likeness (QED) is 0.168. The van der Waals surface area contributed by atoms with E-state index in [0.29, 0.717) is 28.8 Å². The first-order valence-corrected chi connectivity index (χ1v) is 15.7. The highest BCUT2D eigenvalue weighted by Gasteiger charge is 2.35. The van der Waals surface area contributed by atoms with Gasteiger partial charge in [-0.1, -0.05) is 85.1 Å². The van der Waals surface area contributed by atoms with Crippen LogP contribution in [-0.2, 0) is 0 Å². The number of fused-ring (bicyclic) bond motifs is 2. The highest BCUT2D eigenvalue weighted by Crippen LogP contribution is 2.43. The normalized spacial score (nSPS) is 12.2. The summed E-state index contributed by atoms with van der Waals surface area (Å²) in [5.41, 5.74) is 4.15. The lowest BCUT2D eigenvalue weighted by molar-refractivity contribution is 0.0950. The molecule has 0 aromatic heterocycles. The Balaban J connectivity index is 1.53. The summed E-state index contributed by atoms with van der Waals surface area (Å²) in [6.45, 7) is 6.80. The molecule has 0 fully saturated rings. The first kappa shape index (κ1) is 28.9. The minimum absolute atomic E-state index is 0.193. The molecule has 1 aliphatic rings. The third-order valence-electron chi connectivity index (χ3n) is 7.17. The van der Waals surface area contributed by atoms with Crippen LogP contribution < -0.4 is 5.32 Å². The fourth-order valence-electron chi connectivity index (χ4n) is 4.85. The number of rotatable bonds is 10. The Kier molecular flexibility index (Phi) is 9.11. The van der Waals surface area contributed by atoms with Crippen LogP contribution in [0.5, 0.6) is 0 Å². The van der Waals surface area contributed by atoms with Crippen molar-refractivity contribution in [2.45, 2.75) is 66.0 Å². The van der Waals surface area contributed by atoms with E-state index < -0.39 is 0 Å². The molecule has 0 atom stereocenters. The highest BCUT2D eigenvalue weighted by molar-refractivity contribution is 8.00. The second kappa shape index (κ2) is 12.9. The average Bonchev–Trinajstić information content (AvgIpc) is 2.98. The Hall–Kier alpha value is -3.61. The van der Waals surface area contributed by atoms with Crippen molar-refractivity contribution in [1.82, 2.24) is 5.32 Å². The number of benzene rings is 4.